The Labute approximate surface area is 94.1 Å². The third kappa shape index (κ3) is 2.45. The van der Waals surface area contributed by atoms with Crippen LogP contribution in [0, 0.1) is 6.92 Å². The zero-order valence-electron chi connectivity index (χ0n) is 8.96. The first kappa shape index (κ1) is 10.4. The Bertz CT molecular complexity index is 507. The second kappa shape index (κ2) is 4.57. The minimum atomic E-state index is 0.265. The Morgan fingerprint density at radius 3 is 2.88 bits per heavy atom. The maximum Gasteiger partial charge on any atom is 0.120 e. The van der Waals surface area contributed by atoms with Crippen molar-refractivity contribution in [1.29, 1.82) is 0 Å². The lowest BCUT2D eigenvalue weighted by Gasteiger charge is -1.99. The van der Waals surface area contributed by atoms with Gasteiger partial charge in [-0.05, 0) is 24.6 Å². The number of phenolic OH excluding ortho intramolecular Hbond substituents is 1. The molecule has 16 heavy (non-hydrogen) atoms. The quantitative estimate of drug-likeness (QED) is 0.778. The van der Waals surface area contributed by atoms with Gasteiger partial charge >= 0.3 is 0 Å². The van der Waals surface area contributed by atoms with Crippen LogP contribution in [0.4, 0.5) is 5.69 Å². The fraction of sp³-hybridized carbons (Fsp3) is 0.0769. The summed E-state index contributed by atoms with van der Waals surface area (Å²) in [7, 11) is 0. The highest BCUT2D eigenvalue weighted by Crippen LogP contribution is 2.22. The van der Waals surface area contributed by atoms with Gasteiger partial charge in [-0.3, -0.25) is 9.98 Å². The zero-order chi connectivity index (χ0) is 11.4. The molecule has 0 aliphatic heterocycles. The third-order valence-electron chi connectivity index (χ3n) is 2.24. The SMILES string of the molecule is Cc1ccc(/N=C/c2cccnc2)cc1O. The molecular formula is C13H12N2O. The molecule has 2 rings (SSSR count). The molecule has 1 aromatic heterocycles. The van der Waals surface area contributed by atoms with E-state index in [4.69, 9.17) is 0 Å². The van der Waals surface area contributed by atoms with Gasteiger partial charge in [0.15, 0.2) is 0 Å². The van der Waals surface area contributed by atoms with Crippen LogP contribution in [0.5, 0.6) is 5.75 Å². The smallest absolute Gasteiger partial charge is 0.120 e. The van der Waals surface area contributed by atoms with E-state index in [0.717, 1.165) is 16.8 Å². The van der Waals surface area contributed by atoms with E-state index < -0.39 is 0 Å². The first-order chi connectivity index (χ1) is 7.75. The van der Waals surface area contributed by atoms with E-state index in [-0.39, 0.29) is 5.75 Å². The Morgan fingerprint density at radius 1 is 1.31 bits per heavy atom. The van der Waals surface area contributed by atoms with Crippen molar-refractivity contribution in [3.05, 3.63) is 53.9 Å². The Hall–Kier alpha value is -2.16. The number of hydrogen-bond donors (Lipinski definition) is 1. The molecule has 80 valence electrons. The molecule has 1 N–H and O–H groups in total. The number of hydrogen-bond acceptors (Lipinski definition) is 3. The van der Waals surface area contributed by atoms with Crippen LogP contribution in [0.25, 0.3) is 0 Å². The first-order valence-electron chi connectivity index (χ1n) is 4.99. The van der Waals surface area contributed by atoms with Crippen LogP contribution in [0.15, 0.2) is 47.7 Å². The highest BCUT2D eigenvalue weighted by molar-refractivity contribution is 5.81. The topological polar surface area (TPSA) is 45.5 Å². The molecule has 0 aliphatic carbocycles. The van der Waals surface area contributed by atoms with Gasteiger partial charge in [-0.15, -0.1) is 0 Å². The second-order valence-corrected chi connectivity index (χ2v) is 3.52. The van der Waals surface area contributed by atoms with Crippen molar-refractivity contribution in [3.8, 4) is 5.75 Å². The maximum atomic E-state index is 9.51. The Balaban J connectivity index is 2.21. The number of benzene rings is 1. The van der Waals surface area contributed by atoms with E-state index in [2.05, 4.69) is 9.98 Å². The predicted octanol–water partition coefficient (Wildman–Crippen LogP) is 2.85. The number of aromatic nitrogens is 1. The summed E-state index contributed by atoms with van der Waals surface area (Å²) in [6, 6.07) is 9.12. The number of rotatable bonds is 2. The molecule has 3 nitrogen and oxygen atoms in total. The van der Waals surface area contributed by atoms with Gasteiger partial charge in [-0.1, -0.05) is 12.1 Å². The summed E-state index contributed by atoms with van der Waals surface area (Å²) >= 11 is 0. The number of aliphatic imine (C=N–C) groups is 1. The minimum absolute atomic E-state index is 0.265. The summed E-state index contributed by atoms with van der Waals surface area (Å²) in [5, 5.41) is 9.51. The van der Waals surface area contributed by atoms with Gasteiger partial charge in [0.25, 0.3) is 0 Å². The molecule has 2 aromatic rings. The van der Waals surface area contributed by atoms with Crippen LogP contribution >= 0.6 is 0 Å². The number of pyridine rings is 1. The summed E-state index contributed by atoms with van der Waals surface area (Å²) in [5.74, 6) is 0.265. The third-order valence-corrected chi connectivity index (χ3v) is 2.24. The monoisotopic (exact) mass is 212 g/mol. The van der Waals surface area contributed by atoms with Gasteiger partial charge in [-0.25, -0.2) is 0 Å². The van der Waals surface area contributed by atoms with E-state index >= 15 is 0 Å². The summed E-state index contributed by atoms with van der Waals surface area (Å²) in [5.41, 5.74) is 2.51. The van der Waals surface area contributed by atoms with Crippen LogP contribution < -0.4 is 0 Å². The van der Waals surface area contributed by atoms with Gasteiger partial charge in [0.05, 0.1) is 5.69 Å². The molecule has 3 heteroatoms. The lowest BCUT2D eigenvalue weighted by atomic mass is 10.2. The van der Waals surface area contributed by atoms with Gasteiger partial charge in [0, 0.05) is 30.2 Å². The molecule has 0 aliphatic rings. The van der Waals surface area contributed by atoms with E-state index in [1.54, 1.807) is 24.7 Å². The van der Waals surface area contributed by atoms with E-state index in [1.165, 1.54) is 0 Å². The molecule has 0 atom stereocenters. The average Bonchev–Trinajstić information content (AvgIpc) is 2.32. The highest BCUT2D eigenvalue weighted by atomic mass is 16.3. The van der Waals surface area contributed by atoms with E-state index in [1.807, 2.05) is 31.2 Å². The van der Waals surface area contributed by atoms with Crippen LogP contribution in [-0.2, 0) is 0 Å². The average molecular weight is 212 g/mol. The van der Waals surface area contributed by atoms with Crippen molar-refractivity contribution >= 4 is 11.9 Å². The summed E-state index contributed by atoms with van der Waals surface area (Å²) in [6.45, 7) is 1.85. The molecule has 0 unspecified atom stereocenters. The number of aromatic hydroxyl groups is 1. The second-order valence-electron chi connectivity index (χ2n) is 3.52. The largest absolute Gasteiger partial charge is 0.508 e. The van der Waals surface area contributed by atoms with Crippen LogP contribution in [0.1, 0.15) is 11.1 Å². The fourth-order valence-electron chi connectivity index (χ4n) is 1.28. The molecular weight excluding hydrogens is 200 g/mol. The first-order valence-corrected chi connectivity index (χ1v) is 4.99. The van der Waals surface area contributed by atoms with Crippen molar-refractivity contribution in [2.24, 2.45) is 4.99 Å². The van der Waals surface area contributed by atoms with Crippen molar-refractivity contribution < 1.29 is 5.11 Å². The molecule has 0 spiro atoms. The van der Waals surface area contributed by atoms with Crippen molar-refractivity contribution in [2.75, 3.05) is 0 Å². The van der Waals surface area contributed by atoms with Gasteiger partial charge < -0.3 is 5.11 Å². The molecule has 0 amide bonds. The maximum absolute atomic E-state index is 9.51. The van der Waals surface area contributed by atoms with Crippen LogP contribution in [0.3, 0.4) is 0 Å². The summed E-state index contributed by atoms with van der Waals surface area (Å²) < 4.78 is 0. The number of phenols is 1. The lowest BCUT2D eigenvalue weighted by Crippen LogP contribution is -1.81. The van der Waals surface area contributed by atoms with Gasteiger partial charge in [0.1, 0.15) is 5.75 Å². The molecule has 0 saturated carbocycles. The summed E-state index contributed by atoms with van der Waals surface area (Å²) in [4.78, 5) is 8.24. The lowest BCUT2D eigenvalue weighted by molar-refractivity contribution is 0.471. The number of nitrogens with zero attached hydrogens (tertiary/aromatic N) is 2. The van der Waals surface area contributed by atoms with Gasteiger partial charge in [0.2, 0.25) is 0 Å². The zero-order valence-corrected chi connectivity index (χ0v) is 8.96. The number of aryl methyl sites for hydroxylation is 1. The normalized spacial score (nSPS) is 10.8. The highest BCUT2D eigenvalue weighted by Gasteiger charge is 1.95. The van der Waals surface area contributed by atoms with Gasteiger partial charge in [-0.2, -0.15) is 0 Å². The van der Waals surface area contributed by atoms with E-state index in [0.29, 0.717) is 0 Å². The van der Waals surface area contributed by atoms with Crippen LogP contribution in [-0.4, -0.2) is 16.3 Å². The van der Waals surface area contributed by atoms with Crippen molar-refractivity contribution in [1.82, 2.24) is 4.98 Å². The molecule has 1 heterocycles. The Kier molecular flexibility index (Phi) is 2.96. The predicted molar refractivity (Wildman–Crippen MR) is 64.3 cm³/mol. The summed E-state index contributed by atoms with van der Waals surface area (Å²) in [6.07, 6.45) is 5.17. The molecule has 1 aromatic carbocycles. The van der Waals surface area contributed by atoms with Crippen LogP contribution in [0.2, 0.25) is 0 Å². The minimum Gasteiger partial charge on any atom is -0.508 e. The Morgan fingerprint density at radius 2 is 2.19 bits per heavy atom. The molecule has 0 radical (unpaired) electrons. The molecule has 0 saturated heterocycles. The standard InChI is InChI=1S/C13H12N2O/c1-10-4-5-12(7-13(10)16)15-9-11-3-2-6-14-8-11/h2-9,16H,1H3/b15-9+. The van der Waals surface area contributed by atoms with Crippen molar-refractivity contribution in [2.45, 2.75) is 6.92 Å². The fourth-order valence-corrected chi connectivity index (χ4v) is 1.28. The molecule has 0 bridgehead atoms. The van der Waals surface area contributed by atoms with Crippen molar-refractivity contribution in [3.63, 3.8) is 0 Å². The molecule has 0 fully saturated rings. The van der Waals surface area contributed by atoms with E-state index in [9.17, 15) is 5.11 Å².